The molecule has 0 saturated carbocycles. The monoisotopic (exact) mass is 434 g/mol. The summed E-state index contributed by atoms with van der Waals surface area (Å²) in [6, 6.07) is 10.9. The van der Waals surface area contributed by atoms with Crippen LogP contribution in [-0.2, 0) is 11.2 Å². The number of carbonyl (C=O) groups is 2. The number of benzene rings is 2. The summed E-state index contributed by atoms with van der Waals surface area (Å²) in [5.74, 6) is 0.425. The summed E-state index contributed by atoms with van der Waals surface area (Å²) in [5, 5.41) is 5.22. The first-order chi connectivity index (χ1) is 15.1. The van der Waals surface area contributed by atoms with E-state index in [1.807, 2.05) is 12.1 Å². The first-order valence-corrected chi connectivity index (χ1v) is 10.7. The van der Waals surface area contributed by atoms with Crippen molar-refractivity contribution in [1.29, 1.82) is 0 Å². The Labute approximate surface area is 181 Å². The van der Waals surface area contributed by atoms with Crippen LogP contribution in [0.15, 0.2) is 41.8 Å². The zero-order valence-corrected chi connectivity index (χ0v) is 17.4. The fourth-order valence-corrected chi connectivity index (χ4v) is 4.21. The molecule has 3 heterocycles. The number of hydrogen-bond acceptors (Lipinski definition) is 7. The van der Waals surface area contributed by atoms with Crippen molar-refractivity contribution in [3.05, 3.63) is 58.6 Å². The third-order valence-electron chi connectivity index (χ3n) is 4.90. The first kappa shape index (κ1) is 19.3. The maximum Gasteiger partial charge on any atom is 0.338 e. The third kappa shape index (κ3) is 3.75. The van der Waals surface area contributed by atoms with Crippen LogP contribution in [0.25, 0.3) is 21.6 Å². The molecule has 5 rings (SSSR count). The number of rotatable bonds is 5. The number of amides is 1. The number of anilines is 1. The summed E-state index contributed by atoms with van der Waals surface area (Å²) in [7, 11) is 0. The third-order valence-corrected chi connectivity index (χ3v) is 5.79. The van der Waals surface area contributed by atoms with E-state index in [9.17, 15) is 9.59 Å². The largest absolute Gasteiger partial charge is 0.493 e. The highest BCUT2D eigenvalue weighted by atomic mass is 32.1. The molecule has 0 spiro atoms. The minimum atomic E-state index is -0.405. The van der Waals surface area contributed by atoms with Crippen molar-refractivity contribution in [1.82, 2.24) is 15.0 Å². The van der Waals surface area contributed by atoms with Gasteiger partial charge in [-0.1, -0.05) is 0 Å². The number of aromatic amines is 1. The zero-order chi connectivity index (χ0) is 21.4. The van der Waals surface area contributed by atoms with E-state index in [0.29, 0.717) is 35.5 Å². The topological polar surface area (TPSA) is 106 Å². The van der Waals surface area contributed by atoms with Gasteiger partial charge in [0.25, 0.3) is 5.91 Å². The molecule has 0 unspecified atom stereocenters. The lowest BCUT2D eigenvalue weighted by molar-refractivity contribution is 0.0526. The normalized spacial score (nSPS) is 12.4. The van der Waals surface area contributed by atoms with Crippen LogP contribution >= 0.6 is 11.3 Å². The molecule has 0 bridgehead atoms. The number of thiazole rings is 1. The quantitative estimate of drug-likeness (QED) is 0.459. The van der Waals surface area contributed by atoms with Gasteiger partial charge in [0.15, 0.2) is 0 Å². The Kier molecular flexibility index (Phi) is 4.87. The van der Waals surface area contributed by atoms with Crippen molar-refractivity contribution >= 4 is 40.2 Å². The highest BCUT2D eigenvalue weighted by molar-refractivity contribution is 7.13. The van der Waals surface area contributed by atoms with Gasteiger partial charge >= 0.3 is 5.97 Å². The maximum atomic E-state index is 12.7. The molecule has 1 aliphatic heterocycles. The smallest absolute Gasteiger partial charge is 0.338 e. The molecule has 1 amide bonds. The Morgan fingerprint density at radius 3 is 3.00 bits per heavy atom. The van der Waals surface area contributed by atoms with Gasteiger partial charge in [0.2, 0.25) is 5.95 Å². The Balaban J connectivity index is 1.33. The molecular formula is C22H18N4O4S. The second-order valence-corrected chi connectivity index (χ2v) is 7.81. The van der Waals surface area contributed by atoms with Gasteiger partial charge in [-0.25, -0.2) is 14.8 Å². The van der Waals surface area contributed by atoms with Crippen molar-refractivity contribution in [3.8, 4) is 16.3 Å². The summed E-state index contributed by atoms with van der Waals surface area (Å²) in [5.41, 5.74) is 4.10. The zero-order valence-electron chi connectivity index (χ0n) is 16.6. The Bertz CT molecular complexity index is 1310. The molecular weight excluding hydrogens is 416 g/mol. The standard InChI is InChI=1S/C22H18N4O4S/c1-2-29-21(28)14-3-5-15-16(10-14)25-22(24-15)26-19(27)17-11-31-20(23-17)13-4-6-18-12(9-13)7-8-30-18/h3-6,9-11H,2,7-8H2,1H3,(H2,24,25,26,27). The van der Waals surface area contributed by atoms with E-state index >= 15 is 0 Å². The fraction of sp³-hybridized carbons (Fsp3) is 0.182. The molecule has 0 fully saturated rings. The molecule has 4 aromatic rings. The van der Waals surface area contributed by atoms with Crippen molar-refractivity contribution in [2.75, 3.05) is 18.5 Å². The summed E-state index contributed by atoms with van der Waals surface area (Å²) >= 11 is 1.41. The maximum absolute atomic E-state index is 12.7. The highest BCUT2D eigenvalue weighted by Crippen LogP contribution is 2.32. The van der Waals surface area contributed by atoms with E-state index in [1.165, 1.54) is 11.3 Å². The lowest BCUT2D eigenvalue weighted by Gasteiger charge is -2.01. The number of carbonyl (C=O) groups excluding carboxylic acids is 2. The average Bonchev–Trinajstić information content (AvgIpc) is 3.51. The SMILES string of the molecule is CCOC(=O)c1ccc2nc(NC(=O)c3csc(-c4ccc5c(c4)CCO5)n3)[nH]c2c1. The van der Waals surface area contributed by atoms with Crippen molar-refractivity contribution in [2.45, 2.75) is 13.3 Å². The highest BCUT2D eigenvalue weighted by Gasteiger charge is 2.17. The number of esters is 1. The van der Waals surface area contributed by atoms with Crippen LogP contribution < -0.4 is 10.1 Å². The fourth-order valence-electron chi connectivity index (χ4n) is 3.41. The second kappa shape index (κ2) is 7.84. The van der Waals surface area contributed by atoms with E-state index in [-0.39, 0.29) is 11.9 Å². The Morgan fingerprint density at radius 2 is 2.13 bits per heavy atom. The molecule has 31 heavy (non-hydrogen) atoms. The second-order valence-electron chi connectivity index (χ2n) is 6.95. The number of aromatic nitrogens is 3. The molecule has 0 saturated heterocycles. The number of fused-ring (bicyclic) bond motifs is 2. The molecule has 0 aliphatic carbocycles. The predicted molar refractivity (Wildman–Crippen MR) is 117 cm³/mol. The minimum Gasteiger partial charge on any atom is -0.493 e. The summed E-state index contributed by atoms with van der Waals surface area (Å²) in [6.45, 7) is 2.75. The molecule has 2 aromatic carbocycles. The van der Waals surface area contributed by atoms with Crippen LogP contribution in [0.4, 0.5) is 5.95 Å². The Morgan fingerprint density at radius 1 is 1.23 bits per heavy atom. The number of nitrogens with one attached hydrogen (secondary N) is 2. The van der Waals surface area contributed by atoms with Crippen LogP contribution in [0, 0.1) is 0 Å². The summed E-state index contributed by atoms with van der Waals surface area (Å²) in [6.07, 6.45) is 0.881. The van der Waals surface area contributed by atoms with Crippen molar-refractivity contribution < 1.29 is 19.1 Å². The molecule has 2 aromatic heterocycles. The number of nitrogens with zero attached hydrogens (tertiary/aromatic N) is 2. The first-order valence-electron chi connectivity index (χ1n) is 9.80. The van der Waals surface area contributed by atoms with Crippen LogP contribution in [-0.4, -0.2) is 40.0 Å². The van der Waals surface area contributed by atoms with Crippen molar-refractivity contribution in [2.24, 2.45) is 0 Å². The van der Waals surface area contributed by atoms with Crippen molar-refractivity contribution in [3.63, 3.8) is 0 Å². The van der Waals surface area contributed by atoms with Crippen LogP contribution in [0.3, 0.4) is 0 Å². The molecule has 0 atom stereocenters. The van der Waals surface area contributed by atoms with Crippen LogP contribution in [0.2, 0.25) is 0 Å². The average molecular weight is 434 g/mol. The lowest BCUT2D eigenvalue weighted by Crippen LogP contribution is -2.13. The molecule has 8 nitrogen and oxygen atoms in total. The van der Waals surface area contributed by atoms with E-state index in [2.05, 4.69) is 26.3 Å². The molecule has 2 N–H and O–H groups in total. The van der Waals surface area contributed by atoms with E-state index in [4.69, 9.17) is 9.47 Å². The van der Waals surface area contributed by atoms with E-state index in [1.54, 1.807) is 30.5 Å². The van der Waals surface area contributed by atoms with Gasteiger partial charge in [-0.15, -0.1) is 11.3 Å². The number of H-pyrrole nitrogens is 1. The molecule has 156 valence electrons. The summed E-state index contributed by atoms with van der Waals surface area (Å²) in [4.78, 5) is 36.4. The van der Waals surface area contributed by atoms with Gasteiger partial charge in [0.1, 0.15) is 16.5 Å². The number of imidazole rings is 1. The van der Waals surface area contributed by atoms with Gasteiger partial charge in [-0.2, -0.15) is 0 Å². The van der Waals surface area contributed by atoms with Gasteiger partial charge in [-0.05, 0) is 48.9 Å². The van der Waals surface area contributed by atoms with Crippen LogP contribution in [0.1, 0.15) is 33.3 Å². The molecule has 9 heteroatoms. The van der Waals surface area contributed by atoms with E-state index in [0.717, 1.165) is 28.3 Å². The van der Waals surface area contributed by atoms with E-state index < -0.39 is 5.97 Å². The molecule has 0 radical (unpaired) electrons. The number of ether oxygens (including phenoxy) is 2. The molecule has 1 aliphatic rings. The van der Waals surface area contributed by atoms with Gasteiger partial charge < -0.3 is 14.5 Å². The van der Waals surface area contributed by atoms with Gasteiger partial charge in [-0.3, -0.25) is 10.1 Å². The number of hydrogen-bond donors (Lipinski definition) is 2. The minimum absolute atomic E-state index is 0.283. The Hall–Kier alpha value is -3.72. The van der Waals surface area contributed by atoms with Crippen LogP contribution in [0.5, 0.6) is 5.75 Å². The van der Waals surface area contributed by atoms with Gasteiger partial charge in [0.05, 0.1) is 29.8 Å². The van der Waals surface area contributed by atoms with Gasteiger partial charge in [0, 0.05) is 17.4 Å². The predicted octanol–water partition coefficient (Wildman–Crippen LogP) is 4.05. The summed E-state index contributed by atoms with van der Waals surface area (Å²) < 4.78 is 10.6. The lowest BCUT2D eigenvalue weighted by atomic mass is 10.1.